The van der Waals surface area contributed by atoms with Gasteiger partial charge in [-0.15, -0.1) is 0 Å². The highest BCUT2D eigenvalue weighted by Gasteiger charge is 2.15. The first-order valence-electron chi connectivity index (χ1n) is 4.69. The molecule has 82 valence electrons. The second-order valence-corrected chi connectivity index (χ2v) is 3.70. The van der Waals surface area contributed by atoms with Crippen LogP contribution < -0.4 is 5.32 Å². The van der Waals surface area contributed by atoms with Gasteiger partial charge in [0, 0.05) is 5.92 Å². The first kappa shape index (κ1) is 11.6. The summed E-state index contributed by atoms with van der Waals surface area (Å²) in [6.45, 7) is 4.82. The van der Waals surface area contributed by atoms with E-state index in [-0.39, 0.29) is 11.6 Å². The van der Waals surface area contributed by atoms with Gasteiger partial charge in [-0.1, -0.05) is 19.9 Å². The van der Waals surface area contributed by atoms with Crippen molar-refractivity contribution in [2.24, 2.45) is 5.92 Å². The molecule has 1 rings (SSSR count). The van der Waals surface area contributed by atoms with Gasteiger partial charge in [0.05, 0.1) is 0 Å². The van der Waals surface area contributed by atoms with Crippen molar-refractivity contribution in [2.75, 3.05) is 5.32 Å². The molecule has 0 fully saturated rings. The van der Waals surface area contributed by atoms with E-state index in [4.69, 9.17) is 0 Å². The van der Waals surface area contributed by atoms with Gasteiger partial charge in [-0.3, -0.25) is 4.79 Å². The number of nitrogens with one attached hydrogen (secondary N) is 1. The van der Waals surface area contributed by atoms with Gasteiger partial charge >= 0.3 is 0 Å². The first-order chi connectivity index (χ1) is 6.93. The van der Waals surface area contributed by atoms with Gasteiger partial charge in [-0.25, -0.2) is 8.78 Å². The molecule has 4 heteroatoms. The lowest BCUT2D eigenvalue weighted by atomic mass is 10.1. The molecular formula is C11H13F2NO. The lowest BCUT2D eigenvalue weighted by Crippen LogP contribution is -2.19. The molecule has 0 atom stereocenters. The molecule has 0 aliphatic rings. The Kier molecular flexibility index (Phi) is 3.39. The quantitative estimate of drug-likeness (QED) is 0.804. The Morgan fingerprint density at radius 3 is 2.47 bits per heavy atom. The van der Waals surface area contributed by atoms with Crippen LogP contribution in [0.3, 0.4) is 0 Å². The van der Waals surface area contributed by atoms with Gasteiger partial charge in [0.25, 0.3) is 0 Å². The molecule has 1 aromatic rings. The Bertz CT molecular complexity index is 388. The van der Waals surface area contributed by atoms with Crippen LogP contribution in [0.25, 0.3) is 0 Å². The van der Waals surface area contributed by atoms with Crippen LogP contribution in [-0.4, -0.2) is 5.91 Å². The summed E-state index contributed by atoms with van der Waals surface area (Å²) >= 11 is 0. The standard InChI is InChI=1S/C11H13F2NO/c1-6(2)11(15)14-10-8(12)5-4-7(3)9(10)13/h4-6H,1-3H3,(H,14,15). The van der Waals surface area contributed by atoms with Crippen molar-refractivity contribution >= 4 is 11.6 Å². The second kappa shape index (κ2) is 4.38. The van der Waals surface area contributed by atoms with E-state index in [0.29, 0.717) is 5.56 Å². The minimum Gasteiger partial charge on any atom is -0.321 e. The molecule has 0 heterocycles. The van der Waals surface area contributed by atoms with Crippen LogP contribution in [0.15, 0.2) is 12.1 Å². The third-order valence-electron chi connectivity index (χ3n) is 2.06. The van der Waals surface area contributed by atoms with Crippen molar-refractivity contribution < 1.29 is 13.6 Å². The van der Waals surface area contributed by atoms with E-state index < -0.39 is 17.5 Å². The van der Waals surface area contributed by atoms with Gasteiger partial charge in [-0.05, 0) is 18.6 Å². The number of aryl methyl sites for hydroxylation is 1. The maximum absolute atomic E-state index is 13.4. The van der Waals surface area contributed by atoms with E-state index in [9.17, 15) is 13.6 Å². The molecule has 0 spiro atoms. The number of carbonyl (C=O) groups excluding carboxylic acids is 1. The summed E-state index contributed by atoms with van der Waals surface area (Å²) in [5, 5.41) is 2.23. The largest absolute Gasteiger partial charge is 0.321 e. The summed E-state index contributed by atoms with van der Waals surface area (Å²) in [6, 6.07) is 2.46. The van der Waals surface area contributed by atoms with Crippen LogP contribution >= 0.6 is 0 Å². The van der Waals surface area contributed by atoms with Gasteiger partial charge in [0.1, 0.15) is 11.5 Å². The number of benzene rings is 1. The molecule has 0 saturated heterocycles. The average molecular weight is 213 g/mol. The molecule has 0 aromatic heterocycles. The van der Waals surface area contributed by atoms with Crippen molar-refractivity contribution in [3.63, 3.8) is 0 Å². The fraction of sp³-hybridized carbons (Fsp3) is 0.364. The molecule has 1 N–H and O–H groups in total. The highest BCUT2D eigenvalue weighted by Crippen LogP contribution is 2.22. The number of carbonyl (C=O) groups is 1. The maximum atomic E-state index is 13.4. The summed E-state index contributed by atoms with van der Waals surface area (Å²) in [6.07, 6.45) is 0. The fourth-order valence-corrected chi connectivity index (χ4v) is 1.04. The molecule has 0 aliphatic carbocycles. The Morgan fingerprint density at radius 1 is 1.33 bits per heavy atom. The van der Waals surface area contributed by atoms with E-state index >= 15 is 0 Å². The molecule has 2 nitrogen and oxygen atoms in total. The van der Waals surface area contributed by atoms with Crippen LogP contribution in [-0.2, 0) is 4.79 Å². The van der Waals surface area contributed by atoms with E-state index in [1.165, 1.54) is 13.0 Å². The topological polar surface area (TPSA) is 29.1 Å². The number of hydrogen-bond acceptors (Lipinski definition) is 1. The van der Waals surface area contributed by atoms with Crippen molar-refractivity contribution in [2.45, 2.75) is 20.8 Å². The minimum atomic E-state index is -0.757. The molecule has 0 unspecified atom stereocenters. The molecule has 0 bridgehead atoms. The van der Waals surface area contributed by atoms with Crippen LogP contribution in [0.2, 0.25) is 0 Å². The predicted molar refractivity (Wildman–Crippen MR) is 54.6 cm³/mol. The van der Waals surface area contributed by atoms with Gasteiger partial charge in [-0.2, -0.15) is 0 Å². The second-order valence-electron chi connectivity index (χ2n) is 3.70. The molecule has 0 aliphatic heterocycles. The van der Waals surface area contributed by atoms with Crippen LogP contribution in [0, 0.1) is 24.5 Å². The summed E-state index contributed by atoms with van der Waals surface area (Å²) in [7, 11) is 0. The zero-order valence-electron chi connectivity index (χ0n) is 8.90. The normalized spacial score (nSPS) is 10.5. The number of hydrogen-bond donors (Lipinski definition) is 1. The number of amides is 1. The Hall–Kier alpha value is -1.45. The first-order valence-corrected chi connectivity index (χ1v) is 4.69. The zero-order valence-corrected chi connectivity index (χ0v) is 8.90. The smallest absolute Gasteiger partial charge is 0.227 e. The Labute approximate surface area is 87.3 Å². The maximum Gasteiger partial charge on any atom is 0.227 e. The van der Waals surface area contributed by atoms with E-state index in [2.05, 4.69) is 5.32 Å². The molecule has 15 heavy (non-hydrogen) atoms. The van der Waals surface area contributed by atoms with Gasteiger partial charge in [0.2, 0.25) is 5.91 Å². The lowest BCUT2D eigenvalue weighted by molar-refractivity contribution is -0.118. The highest BCUT2D eigenvalue weighted by atomic mass is 19.1. The Morgan fingerprint density at radius 2 is 1.93 bits per heavy atom. The summed E-state index contributed by atoms with van der Waals surface area (Å²) in [5.74, 6) is -2.20. The molecule has 1 aromatic carbocycles. The number of rotatable bonds is 2. The lowest BCUT2D eigenvalue weighted by Gasteiger charge is -2.10. The van der Waals surface area contributed by atoms with Crippen molar-refractivity contribution in [1.29, 1.82) is 0 Å². The van der Waals surface area contributed by atoms with Crippen LogP contribution in [0.5, 0.6) is 0 Å². The van der Waals surface area contributed by atoms with Gasteiger partial charge < -0.3 is 5.32 Å². The summed E-state index contributed by atoms with van der Waals surface area (Å²) in [5.41, 5.74) is -0.0656. The monoisotopic (exact) mass is 213 g/mol. The molecular weight excluding hydrogens is 200 g/mol. The number of anilines is 1. The van der Waals surface area contributed by atoms with Crippen molar-refractivity contribution in [3.05, 3.63) is 29.3 Å². The Balaban J connectivity index is 3.04. The van der Waals surface area contributed by atoms with Gasteiger partial charge in [0.15, 0.2) is 5.82 Å². The molecule has 0 radical (unpaired) electrons. The van der Waals surface area contributed by atoms with Crippen molar-refractivity contribution in [1.82, 2.24) is 0 Å². The zero-order chi connectivity index (χ0) is 11.6. The third-order valence-corrected chi connectivity index (χ3v) is 2.06. The highest BCUT2D eigenvalue weighted by molar-refractivity contribution is 5.92. The summed E-state index contributed by atoms with van der Waals surface area (Å²) in [4.78, 5) is 11.3. The van der Waals surface area contributed by atoms with E-state index in [1.54, 1.807) is 13.8 Å². The summed E-state index contributed by atoms with van der Waals surface area (Å²) < 4.78 is 26.6. The fourth-order valence-electron chi connectivity index (χ4n) is 1.04. The number of halogens is 2. The van der Waals surface area contributed by atoms with E-state index in [0.717, 1.165) is 6.07 Å². The SMILES string of the molecule is Cc1ccc(F)c(NC(=O)C(C)C)c1F. The average Bonchev–Trinajstić information content (AvgIpc) is 2.18. The predicted octanol–water partition coefficient (Wildman–Crippen LogP) is 2.87. The van der Waals surface area contributed by atoms with E-state index in [1.807, 2.05) is 0 Å². The third kappa shape index (κ3) is 2.52. The molecule has 0 saturated carbocycles. The van der Waals surface area contributed by atoms with Crippen LogP contribution in [0.4, 0.5) is 14.5 Å². The van der Waals surface area contributed by atoms with Crippen molar-refractivity contribution in [3.8, 4) is 0 Å². The van der Waals surface area contributed by atoms with Crippen LogP contribution in [0.1, 0.15) is 19.4 Å². The molecule has 1 amide bonds. The minimum absolute atomic E-state index is 0.301.